The molecule has 0 fully saturated rings. The molecule has 0 bridgehead atoms. The normalized spacial score (nSPS) is 11.4. The fourth-order valence-corrected chi connectivity index (χ4v) is 2.86. The number of rotatable bonds is 5. The molecule has 0 spiro atoms. The average molecular weight is 408 g/mol. The first kappa shape index (κ1) is 18.0. The number of aromatic nitrogens is 1. The Balaban J connectivity index is 1.99. The van der Waals surface area contributed by atoms with E-state index in [1.165, 1.54) is 12.3 Å². The van der Waals surface area contributed by atoms with E-state index in [9.17, 15) is 9.65 Å². The van der Waals surface area contributed by atoms with Gasteiger partial charge in [-0.1, -0.05) is 60.7 Å². The molecule has 5 heteroatoms. The van der Waals surface area contributed by atoms with E-state index in [2.05, 4.69) is 32.0 Å². The minimum absolute atomic E-state index is 0.110. The van der Waals surface area contributed by atoms with Gasteiger partial charge in [0.25, 0.3) is 0 Å². The second-order valence-corrected chi connectivity index (χ2v) is 6.56. The molecule has 0 aliphatic rings. The zero-order valence-corrected chi connectivity index (χ0v) is 15.4. The molecule has 3 aromatic rings. The van der Waals surface area contributed by atoms with Gasteiger partial charge in [-0.15, -0.1) is 0 Å². The van der Waals surface area contributed by atoms with Crippen LogP contribution >= 0.6 is 15.9 Å². The summed E-state index contributed by atoms with van der Waals surface area (Å²) in [6, 6.07) is 22.1. The third-order valence-electron chi connectivity index (χ3n) is 3.80. The van der Waals surface area contributed by atoms with Crippen LogP contribution in [0.25, 0.3) is 0 Å². The Morgan fingerprint density at radius 2 is 1.65 bits per heavy atom. The van der Waals surface area contributed by atoms with Gasteiger partial charge in [0.1, 0.15) is 11.9 Å². The van der Waals surface area contributed by atoms with Crippen molar-refractivity contribution in [2.24, 2.45) is 4.99 Å². The van der Waals surface area contributed by atoms with E-state index in [4.69, 9.17) is 0 Å². The van der Waals surface area contributed by atoms with Crippen molar-refractivity contribution in [3.63, 3.8) is 0 Å². The largest absolute Gasteiger partial charge is 0.265 e. The molecule has 0 aliphatic heterocycles. The van der Waals surface area contributed by atoms with Crippen LogP contribution in [0, 0.1) is 17.1 Å². The van der Waals surface area contributed by atoms with Gasteiger partial charge in [0.05, 0.1) is 17.5 Å². The third kappa shape index (κ3) is 4.41. The maximum Gasteiger partial charge on any atom is 0.145 e. The molecule has 0 saturated heterocycles. The monoisotopic (exact) mass is 407 g/mol. The van der Waals surface area contributed by atoms with Gasteiger partial charge in [-0.25, -0.2) is 4.39 Å². The van der Waals surface area contributed by atoms with Gasteiger partial charge in [0.2, 0.25) is 0 Å². The highest BCUT2D eigenvalue weighted by Gasteiger charge is 2.15. The summed E-state index contributed by atoms with van der Waals surface area (Å²) in [5, 5.41) is 9.56. The van der Waals surface area contributed by atoms with Crippen LogP contribution in [-0.4, -0.2) is 16.7 Å². The molecule has 0 radical (unpaired) electrons. The van der Waals surface area contributed by atoms with Gasteiger partial charge in [-0.3, -0.25) is 9.98 Å². The number of benzene rings is 2. The smallest absolute Gasteiger partial charge is 0.145 e. The number of aliphatic imine (C=N–C) groups is 1. The lowest BCUT2D eigenvalue weighted by molar-refractivity contribution is 0.590. The Morgan fingerprint density at radius 1 is 1.08 bits per heavy atom. The molecular weight excluding hydrogens is 393 g/mol. The Morgan fingerprint density at radius 3 is 2.15 bits per heavy atom. The van der Waals surface area contributed by atoms with Crippen molar-refractivity contribution in [1.82, 2.24) is 4.98 Å². The van der Waals surface area contributed by atoms with E-state index >= 15 is 0 Å². The topological polar surface area (TPSA) is 49.0 Å². The Labute approximate surface area is 160 Å². The van der Waals surface area contributed by atoms with Crippen molar-refractivity contribution in [3.8, 4) is 6.07 Å². The highest BCUT2D eigenvalue weighted by Crippen LogP contribution is 2.17. The second-order valence-electron chi connectivity index (χ2n) is 5.64. The summed E-state index contributed by atoms with van der Waals surface area (Å²) in [5.74, 6) is -0.448. The fourth-order valence-electron chi connectivity index (χ4n) is 2.56. The average Bonchev–Trinajstić information content (AvgIpc) is 2.68. The Kier molecular flexibility index (Phi) is 5.88. The predicted molar refractivity (Wildman–Crippen MR) is 104 cm³/mol. The van der Waals surface area contributed by atoms with E-state index in [1.807, 2.05) is 60.7 Å². The van der Waals surface area contributed by atoms with Crippen molar-refractivity contribution < 1.29 is 4.39 Å². The van der Waals surface area contributed by atoms with Crippen molar-refractivity contribution in [3.05, 3.63) is 100 Å². The van der Waals surface area contributed by atoms with Crippen molar-refractivity contribution >= 4 is 21.6 Å². The van der Waals surface area contributed by atoms with E-state index in [1.54, 1.807) is 0 Å². The van der Waals surface area contributed by atoms with Crippen LogP contribution in [0.4, 0.5) is 4.39 Å². The maximum absolute atomic E-state index is 14.1. The van der Waals surface area contributed by atoms with E-state index < -0.39 is 11.9 Å². The molecule has 0 aliphatic carbocycles. The fraction of sp³-hybridized carbons (Fsp3) is 0.0952. The third-order valence-corrected chi connectivity index (χ3v) is 4.23. The second kappa shape index (κ2) is 8.50. The lowest BCUT2D eigenvalue weighted by Crippen LogP contribution is -2.14. The molecule has 1 aromatic heterocycles. The van der Waals surface area contributed by atoms with Gasteiger partial charge in [0, 0.05) is 28.2 Å². The number of nitriles is 1. The minimum Gasteiger partial charge on any atom is -0.265 e. The molecule has 0 N–H and O–H groups in total. The first-order valence-electron chi connectivity index (χ1n) is 8.05. The number of hydrogen-bond donors (Lipinski definition) is 0. The highest BCUT2D eigenvalue weighted by molar-refractivity contribution is 9.10. The number of hydrogen-bond acceptors (Lipinski definition) is 3. The SMILES string of the molecule is N#CC(Cc1ncc(Br)cc1F)N=C(c1ccccc1)c1ccccc1. The van der Waals surface area contributed by atoms with Crippen molar-refractivity contribution in [1.29, 1.82) is 5.26 Å². The summed E-state index contributed by atoms with van der Waals surface area (Å²) in [4.78, 5) is 8.71. The first-order chi connectivity index (χ1) is 12.7. The van der Waals surface area contributed by atoms with E-state index in [0.717, 1.165) is 11.1 Å². The molecule has 0 saturated carbocycles. The molecule has 3 nitrogen and oxygen atoms in total. The van der Waals surface area contributed by atoms with E-state index in [-0.39, 0.29) is 12.1 Å². The summed E-state index contributed by atoms with van der Waals surface area (Å²) in [7, 11) is 0. The number of nitrogens with zero attached hydrogens (tertiary/aromatic N) is 3. The van der Waals surface area contributed by atoms with Crippen LogP contribution in [0.2, 0.25) is 0 Å². The zero-order valence-electron chi connectivity index (χ0n) is 13.8. The standard InChI is InChI=1S/C21H15BrFN3/c22-17-11-19(23)20(25-14-17)12-18(13-24)26-21(15-7-3-1-4-8-15)16-9-5-2-6-10-16/h1-11,14,18H,12H2. The van der Waals surface area contributed by atoms with Crippen LogP contribution in [0.15, 0.2) is 82.4 Å². The molecule has 26 heavy (non-hydrogen) atoms. The lowest BCUT2D eigenvalue weighted by atomic mass is 10.0. The maximum atomic E-state index is 14.1. The summed E-state index contributed by atoms with van der Waals surface area (Å²) in [6.45, 7) is 0. The van der Waals surface area contributed by atoms with Crippen LogP contribution < -0.4 is 0 Å². The summed E-state index contributed by atoms with van der Waals surface area (Å²) in [5.41, 5.74) is 2.74. The molecular formula is C21H15BrFN3. The number of halogens is 2. The summed E-state index contributed by atoms with van der Waals surface area (Å²) >= 11 is 3.19. The van der Waals surface area contributed by atoms with E-state index in [0.29, 0.717) is 10.2 Å². The quantitative estimate of drug-likeness (QED) is 0.561. The molecule has 1 atom stereocenters. The molecule has 0 amide bonds. The van der Waals surface area contributed by atoms with Crippen LogP contribution in [0.3, 0.4) is 0 Å². The molecule has 128 valence electrons. The van der Waals surface area contributed by atoms with Gasteiger partial charge < -0.3 is 0 Å². The first-order valence-corrected chi connectivity index (χ1v) is 8.85. The summed E-state index contributed by atoms with van der Waals surface area (Å²) < 4.78 is 14.6. The lowest BCUT2D eigenvalue weighted by Gasteiger charge is -2.11. The summed E-state index contributed by atoms with van der Waals surface area (Å²) in [6.07, 6.45) is 1.63. The van der Waals surface area contributed by atoms with Gasteiger partial charge in [0.15, 0.2) is 0 Å². The Bertz CT molecular complexity index is 908. The van der Waals surface area contributed by atoms with Crippen molar-refractivity contribution in [2.75, 3.05) is 0 Å². The Hall–Kier alpha value is -2.84. The van der Waals surface area contributed by atoms with Crippen LogP contribution in [-0.2, 0) is 6.42 Å². The molecule has 1 unspecified atom stereocenters. The highest BCUT2D eigenvalue weighted by atomic mass is 79.9. The van der Waals surface area contributed by atoms with Gasteiger partial charge in [-0.05, 0) is 22.0 Å². The molecule has 1 heterocycles. The predicted octanol–water partition coefficient (Wildman–Crippen LogP) is 4.96. The molecule has 2 aromatic carbocycles. The van der Waals surface area contributed by atoms with Crippen molar-refractivity contribution in [2.45, 2.75) is 12.5 Å². The van der Waals surface area contributed by atoms with Gasteiger partial charge >= 0.3 is 0 Å². The number of pyridine rings is 1. The zero-order chi connectivity index (χ0) is 18.4. The van der Waals surface area contributed by atoms with Gasteiger partial charge in [-0.2, -0.15) is 5.26 Å². The van der Waals surface area contributed by atoms with Crippen LogP contribution in [0.5, 0.6) is 0 Å². The minimum atomic E-state index is -0.742. The molecule has 3 rings (SSSR count). The van der Waals surface area contributed by atoms with Crippen LogP contribution in [0.1, 0.15) is 16.8 Å².